The zero-order valence-corrected chi connectivity index (χ0v) is 18.0. The third-order valence-electron chi connectivity index (χ3n) is 5.02. The van der Waals surface area contributed by atoms with Gasteiger partial charge in [-0.2, -0.15) is 0 Å². The van der Waals surface area contributed by atoms with E-state index in [9.17, 15) is 9.59 Å². The number of hydrogen-bond acceptors (Lipinski definition) is 3. The second kappa shape index (κ2) is 10.6. The van der Waals surface area contributed by atoms with E-state index in [1.165, 1.54) is 0 Å². The topological polar surface area (TPSA) is 71.9 Å². The molecule has 2 amide bonds. The lowest BCUT2D eigenvalue weighted by atomic mass is 10.1. The maximum absolute atomic E-state index is 12.5. The number of amides is 2. The van der Waals surface area contributed by atoms with Crippen LogP contribution in [-0.2, 0) is 16.1 Å². The van der Waals surface area contributed by atoms with Crippen LogP contribution in [0.15, 0.2) is 42.5 Å². The summed E-state index contributed by atoms with van der Waals surface area (Å²) in [4.78, 5) is 25.8. The molecule has 0 bridgehead atoms. The number of benzene rings is 2. The Bertz CT molecular complexity index is 814. The lowest BCUT2D eigenvalue weighted by Gasteiger charge is -2.21. The standard InChI is InChI=1S/C23H31N3O3/c1-6-29-20-12-10-19(11-13-20)15-26(5)18(4)23(28)24-14-21(27)25-22-16(2)8-7-9-17(22)3/h7-13,18H,6,14-15H2,1-5H3,(H,24,28)(H,25,27)/p+1/t18-/m1/s1. The highest BCUT2D eigenvalue weighted by Gasteiger charge is 2.22. The molecule has 0 heterocycles. The predicted molar refractivity (Wildman–Crippen MR) is 115 cm³/mol. The zero-order valence-electron chi connectivity index (χ0n) is 18.0. The smallest absolute Gasteiger partial charge is 0.278 e. The van der Waals surface area contributed by atoms with Gasteiger partial charge in [0.25, 0.3) is 5.91 Å². The van der Waals surface area contributed by atoms with Crippen molar-refractivity contribution in [3.8, 4) is 5.75 Å². The second-order valence-corrected chi connectivity index (χ2v) is 7.35. The number of carbonyl (C=O) groups excluding carboxylic acids is 2. The molecule has 0 saturated heterocycles. The van der Waals surface area contributed by atoms with Gasteiger partial charge in [-0.05, 0) is 63.1 Å². The quantitative estimate of drug-likeness (QED) is 0.604. The van der Waals surface area contributed by atoms with Crippen LogP contribution in [0.4, 0.5) is 5.69 Å². The number of hydrogen-bond donors (Lipinski definition) is 3. The van der Waals surface area contributed by atoms with Crippen molar-refractivity contribution in [2.24, 2.45) is 0 Å². The third-order valence-corrected chi connectivity index (χ3v) is 5.02. The number of quaternary nitrogens is 1. The molecule has 6 heteroatoms. The summed E-state index contributed by atoms with van der Waals surface area (Å²) in [5, 5.41) is 5.63. The monoisotopic (exact) mass is 398 g/mol. The fraction of sp³-hybridized carbons (Fsp3) is 0.391. The molecule has 0 radical (unpaired) electrons. The van der Waals surface area contributed by atoms with Crippen molar-refractivity contribution in [3.63, 3.8) is 0 Å². The fourth-order valence-corrected chi connectivity index (χ4v) is 3.08. The summed E-state index contributed by atoms with van der Waals surface area (Å²) >= 11 is 0. The minimum atomic E-state index is -0.283. The molecule has 2 aromatic rings. The Balaban J connectivity index is 1.83. The largest absolute Gasteiger partial charge is 0.494 e. The van der Waals surface area contributed by atoms with E-state index in [1.54, 1.807) is 0 Å². The van der Waals surface area contributed by atoms with Gasteiger partial charge in [-0.3, -0.25) is 9.59 Å². The molecule has 0 saturated carbocycles. The lowest BCUT2D eigenvalue weighted by molar-refractivity contribution is -0.908. The van der Waals surface area contributed by atoms with Gasteiger partial charge in [0.15, 0.2) is 6.04 Å². The van der Waals surface area contributed by atoms with Crippen molar-refractivity contribution >= 4 is 17.5 Å². The Kier molecular flexibility index (Phi) is 8.21. The van der Waals surface area contributed by atoms with E-state index >= 15 is 0 Å². The fourth-order valence-electron chi connectivity index (χ4n) is 3.08. The van der Waals surface area contributed by atoms with Gasteiger partial charge in [-0.25, -0.2) is 0 Å². The van der Waals surface area contributed by atoms with E-state index in [0.29, 0.717) is 13.2 Å². The first-order valence-corrected chi connectivity index (χ1v) is 9.99. The van der Waals surface area contributed by atoms with Gasteiger partial charge >= 0.3 is 0 Å². The molecular formula is C23H32N3O3+. The van der Waals surface area contributed by atoms with Crippen LogP contribution in [0.2, 0.25) is 0 Å². The second-order valence-electron chi connectivity index (χ2n) is 7.35. The van der Waals surface area contributed by atoms with Crippen LogP contribution < -0.4 is 20.3 Å². The maximum atomic E-state index is 12.5. The molecule has 2 rings (SSSR count). The summed E-state index contributed by atoms with van der Waals surface area (Å²) in [5.74, 6) is 0.465. The van der Waals surface area contributed by atoms with Crippen LogP contribution in [0.1, 0.15) is 30.5 Å². The molecule has 0 aliphatic heterocycles. The molecule has 1 unspecified atom stereocenters. The predicted octanol–water partition coefficient (Wildman–Crippen LogP) is 1.86. The van der Waals surface area contributed by atoms with E-state index in [1.807, 2.05) is 77.2 Å². The lowest BCUT2D eigenvalue weighted by Crippen LogP contribution is -3.12. The minimum Gasteiger partial charge on any atom is -0.494 e. The Morgan fingerprint density at radius 2 is 1.69 bits per heavy atom. The van der Waals surface area contributed by atoms with Crippen LogP contribution in [0.3, 0.4) is 0 Å². The Hall–Kier alpha value is -2.86. The molecule has 2 atom stereocenters. The van der Waals surface area contributed by atoms with Crippen LogP contribution >= 0.6 is 0 Å². The maximum Gasteiger partial charge on any atom is 0.278 e. The highest BCUT2D eigenvalue weighted by Crippen LogP contribution is 2.19. The number of ether oxygens (including phenoxy) is 1. The van der Waals surface area contributed by atoms with E-state index < -0.39 is 0 Å². The average molecular weight is 399 g/mol. The number of carbonyl (C=O) groups is 2. The van der Waals surface area contributed by atoms with Crippen LogP contribution in [-0.4, -0.2) is 38.1 Å². The number of likely N-dealkylation sites (N-methyl/N-ethyl adjacent to an activating group) is 1. The number of para-hydroxylation sites is 1. The van der Waals surface area contributed by atoms with Crippen molar-refractivity contribution < 1.29 is 19.2 Å². The Morgan fingerprint density at radius 1 is 1.07 bits per heavy atom. The van der Waals surface area contributed by atoms with Crippen LogP contribution in [0, 0.1) is 13.8 Å². The Morgan fingerprint density at radius 3 is 2.28 bits per heavy atom. The van der Waals surface area contributed by atoms with Gasteiger partial charge in [0.2, 0.25) is 5.91 Å². The third kappa shape index (κ3) is 6.61. The molecule has 0 spiro atoms. The average Bonchev–Trinajstić information content (AvgIpc) is 2.70. The molecule has 156 valence electrons. The zero-order chi connectivity index (χ0) is 21.4. The van der Waals surface area contributed by atoms with Gasteiger partial charge in [-0.1, -0.05) is 18.2 Å². The van der Waals surface area contributed by atoms with E-state index in [0.717, 1.165) is 33.0 Å². The minimum absolute atomic E-state index is 0.0483. The van der Waals surface area contributed by atoms with Crippen molar-refractivity contribution in [2.75, 3.05) is 25.5 Å². The van der Waals surface area contributed by atoms with Gasteiger partial charge in [-0.15, -0.1) is 0 Å². The van der Waals surface area contributed by atoms with Gasteiger partial charge in [0.1, 0.15) is 12.3 Å². The molecule has 0 aromatic heterocycles. The van der Waals surface area contributed by atoms with Gasteiger partial charge in [0, 0.05) is 11.3 Å². The molecule has 0 fully saturated rings. The van der Waals surface area contributed by atoms with E-state index in [2.05, 4.69) is 10.6 Å². The Labute approximate surface area is 173 Å². The number of rotatable bonds is 9. The number of aryl methyl sites for hydroxylation is 2. The first-order valence-electron chi connectivity index (χ1n) is 9.99. The number of nitrogens with one attached hydrogen (secondary N) is 3. The normalized spacial score (nSPS) is 12.7. The van der Waals surface area contributed by atoms with Crippen molar-refractivity contribution in [1.82, 2.24) is 5.32 Å². The molecule has 29 heavy (non-hydrogen) atoms. The molecule has 3 N–H and O–H groups in total. The first-order chi connectivity index (χ1) is 13.8. The van der Waals surface area contributed by atoms with E-state index in [-0.39, 0.29) is 24.4 Å². The molecule has 6 nitrogen and oxygen atoms in total. The van der Waals surface area contributed by atoms with Crippen LogP contribution in [0.25, 0.3) is 0 Å². The van der Waals surface area contributed by atoms with Crippen molar-refractivity contribution in [2.45, 2.75) is 40.3 Å². The van der Waals surface area contributed by atoms with Crippen molar-refractivity contribution in [3.05, 3.63) is 59.2 Å². The summed E-state index contributed by atoms with van der Waals surface area (Å²) in [5.41, 5.74) is 3.92. The SMILES string of the molecule is CCOc1ccc(C[NH+](C)[C@H](C)C(=O)NCC(=O)Nc2c(C)cccc2C)cc1. The molecule has 0 aliphatic rings. The van der Waals surface area contributed by atoms with E-state index in [4.69, 9.17) is 4.74 Å². The summed E-state index contributed by atoms with van der Waals surface area (Å²) in [6.45, 7) is 9.00. The highest BCUT2D eigenvalue weighted by molar-refractivity contribution is 5.96. The molecule has 2 aromatic carbocycles. The summed E-state index contributed by atoms with van der Waals surface area (Å²) in [6.07, 6.45) is 0. The van der Waals surface area contributed by atoms with Crippen LogP contribution in [0.5, 0.6) is 5.75 Å². The van der Waals surface area contributed by atoms with Gasteiger partial charge < -0.3 is 20.3 Å². The molecule has 0 aliphatic carbocycles. The number of anilines is 1. The van der Waals surface area contributed by atoms with Gasteiger partial charge in [0.05, 0.1) is 20.2 Å². The first kappa shape index (κ1) is 22.4. The molecular weight excluding hydrogens is 366 g/mol. The summed E-state index contributed by atoms with van der Waals surface area (Å²) < 4.78 is 5.45. The van der Waals surface area contributed by atoms with Crippen molar-refractivity contribution in [1.29, 1.82) is 0 Å². The summed E-state index contributed by atoms with van der Waals surface area (Å²) in [7, 11) is 1.97. The summed E-state index contributed by atoms with van der Waals surface area (Å²) in [6, 6.07) is 13.5. The highest BCUT2D eigenvalue weighted by atomic mass is 16.5.